The van der Waals surface area contributed by atoms with Gasteiger partial charge in [-0.25, -0.2) is 0 Å². The van der Waals surface area contributed by atoms with Gasteiger partial charge in [-0.2, -0.15) is 0 Å². The Hall–Kier alpha value is -5.56. The molecule has 1 aliphatic heterocycles. The van der Waals surface area contributed by atoms with E-state index in [2.05, 4.69) is 77.2 Å². The van der Waals surface area contributed by atoms with Crippen LogP contribution in [-0.4, -0.2) is 188 Å². The largest absolute Gasteiger partial charge is 0.380 e. The molecular weight excluding hydrogens is 1290 g/mol. The summed E-state index contributed by atoms with van der Waals surface area (Å²) in [4.78, 5) is 131. The van der Waals surface area contributed by atoms with Crippen LogP contribution in [0.25, 0.3) is 0 Å². The summed E-state index contributed by atoms with van der Waals surface area (Å²) < 4.78 is 30.7. The molecule has 24 nitrogen and oxygen atoms in total. The number of nitrogens with zero attached hydrogens (tertiary/aromatic N) is 1. The zero-order valence-electron chi connectivity index (χ0n) is 67.6. The van der Waals surface area contributed by atoms with E-state index in [-0.39, 0.29) is 173 Å². The second-order valence-electron chi connectivity index (χ2n) is 38.0. The van der Waals surface area contributed by atoms with Crippen molar-refractivity contribution in [3.63, 3.8) is 0 Å². The van der Waals surface area contributed by atoms with Crippen LogP contribution < -0.4 is 42.5 Å². The van der Waals surface area contributed by atoms with Crippen LogP contribution in [0.4, 0.5) is 0 Å². The number of hydrogen-bond acceptors (Lipinski definition) is 15. The zero-order valence-corrected chi connectivity index (χ0v) is 67.6. The quantitative estimate of drug-likeness (QED) is 0.0264. The van der Waals surface area contributed by atoms with E-state index < -0.39 is 67.6 Å². The van der Waals surface area contributed by atoms with E-state index in [1.54, 1.807) is 0 Å². The second-order valence-corrected chi connectivity index (χ2v) is 38.0. The first-order valence-electron chi connectivity index (χ1n) is 36.5. The van der Waals surface area contributed by atoms with Crippen LogP contribution >= 0.6 is 0 Å². The second kappa shape index (κ2) is 40.6. The number of carbonyl (C=O) groups excluding carboxylic acids is 10. The molecular formula is C77H141N9O15. The van der Waals surface area contributed by atoms with Crippen LogP contribution in [0, 0.1) is 65.5 Å². The molecule has 0 aromatic heterocycles. The first kappa shape index (κ1) is 93.5. The molecule has 0 bridgehead atoms. The number of rotatable bonds is 51. The third-order valence-electron chi connectivity index (χ3n) is 17.1. The molecule has 0 saturated carbocycles. The number of nitrogens with one attached hydrogen (secondary N) is 8. The van der Waals surface area contributed by atoms with Gasteiger partial charge in [-0.05, 0) is 47.8 Å². The maximum absolute atomic E-state index is 14.2. The lowest BCUT2D eigenvalue weighted by atomic mass is 9.79. The number of carbonyl (C=O) groups is 10. The van der Waals surface area contributed by atoms with Crippen LogP contribution in [0.2, 0.25) is 0 Å². The number of hydrogen-bond donors (Lipinski definition) is 8. The smallest absolute Gasteiger partial charge is 0.253 e. The highest BCUT2D eigenvalue weighted by Gasteiger charge is 2.35. The fourth-order valence-electron chi connectivity index (χ4n) is 10.2. The minimum atomic E-state index is -1.09. The number of ether oxygens (including phenoxy) is 5. The Bertz CT molecular complexity index is 2700. The van der Waals surface area contributed by atoms with E-state index in [1.807, 2.05) is 145 Å². The van der Waals surface area contributed by atoms with E-state index in [4.69, 9.17) is 23.7 Å². The van der Waals surface area contributed by atoms with Gasteiger partial charge in [-0.1, -0.05) is 173 Å². The molecule has 0 aromatic carbocycles. The van der Waals surface area contributed by atoms with Crippen molar-refractivity contribution in [3.8, 4) is 0 Å². The van der Waals surface area contributed by atoms with Crippen molar-refractivity contribution in [1.82, 2.24) is 47.4 Å². The van der Waals surface area contributed by atoms with Crippen molar-refractivity contribution in [2.45, 2.75) is 244 Å². The maximum atomic E-state index is 14.2. The van der Waals surface area contributed by atoms with E-state index in [0.29, 0.717) is 46.0 Å². The van der Waals surface area contributed by atoms with Crippen LogP contribution in [0.1, 0.15) is 231 Å². The van der Waals surface area contributed by atoms with Gasteiger partial charge in [-0.3, -0.25) is 52.8 Å². The lowest BCUT2D eigenvalue weighted by molar-refractivity contribution is -0.137. The SMILES string of the molecule is CC(CNC(=O)C(C)C)OCC(C)(C)CNC(=O)CC(C)(C)COCC(C)(C)CNC(=O)CC[C@H](NC(=O)CC(C)(C)COCC(C)(C)CNC(=O)CCN1C(=O)C=CC1=O)C(=O)NCC(C)(C)COCC(C)(C)CC(=O)NCC(C)(C)COCC(C)(C)CNC(=O)C(C)(C)CCC(C)(C)C. The van der Waals surface area contributed by atoms with Gasteiger partial charge in [0.2, 0.25) is 47.3 Å². The molecule has 0 radical (unpaired) electrons. The van der Waals surface area contributed by atoms with E-state index >= 15 is 0 Å². The molecule has 0 saturated heterocycles. The molecule has 0 fully saturated rings. The molecule has 101 heavy (non-hydrogen) atoms. The number of amides is 10. The first-order valence-corrected chi connectivity index (χ1v) is 36.5. The molecule has 10 amide bonds. The molecule has 1 rings (SSSR count). The van der Waals surface area contributed by atoms with Crippen LogP contribution in [0.15, 0.2) is 12.2 Å². The number of imide groups is 1. The highest BCUT2D eigenvalue weighted by molar-refractivity contribution is 6.13. The fraction of sp³-hybridized carbons (Fsp3) is 0.844. The normalized spacial score (nSPS) is 14.5. The predicted molar refractivity (Wildman–Crippen MR) is 397 cm³/mol. The van der Waals surface area contributed by atoms with Gasteiger partial charge in [0.15, 0.2) is 0 Å². The summed E-state index contributed by atoms with van der Waals surface area (Å²) in [5.41, 5.74) is -4.72. The molecule has 0 aromatic rings. The van der Waals surface area contributed by atoms with Gasteiger partial charge in [-0.15, -0.1) is 0 Å². The van der Waals surface area contributed by atoms with Crippen molar-refractivity contribution in [1.29, 1.82) is 0 Å². The summed E-state index contributed by atoms with van der Waals surface area (Å²) in [5, 5.41) is 23.9. The summed E-state index contributed by atoms with van der Waals surface area (Å²) in [6.07, 6.45) is 4.17. The Morgan fingerprint density at radius 2 is 0.723 bits per heavy atom. The van der Waals surface area contributed by atoms with Crippen molar-refractivity contribution in [2.24, 2.45) is 65.5 Å². The van der Waals surface area contributed by atoms with Crippen molar-refractivity contribution in [3.05, 3.63) is 12.2 Å². The molecule has 0 spiro atoms. The Labute approximate surface area is 608 Å². The molecule has 1 aliphatic rings. The minimum Gasteiger partial charge on any atom is -0.380 e. The summed E-state index contributed by atoms with van der Waals surface area (Å²) >= 11 is 0. The Kier molecular flexibility index (Phi) is 37.6. The average molecular weight is 1430 g/mol. The molecule has 8 N–H and O–H groups in total. The van der Waals surface area contributed by atoms with E-state index in [1.165, 1.54) is 12.2 Å². The molecule has 2 atom stereocenters. The van der Waals surface area contributed by atoms with Crippen LogP contribution in [-0.2, 0) is 71.6 Å². The monoisotopic (exact) mass is 1430 g/mol. The van der Waals surface area contributed by atoms with Gasteiger partial charge >= 0.3 is 0 Å². The van der Waals surface area contributed by atoms with Gasteiger partial charge in [0, 0.05) is 140 Å². The summed E-state index contributed by atoms with van der Waals surface area (Å²) in [5.74, 6) is -2.80. The van der Waals surface area contributed by atoms with Crippen molar-refractivity contribution in [2.75, 3.05) is 112 Å². The summed E-state index contributed by atoms with van der Waals surface area (Å²) in [6.45, 7) is 56.5. The molecule has 24 heteroatoms. The molecule has 0 aliphatic carbocycles. The lowest BCUT2D eigenvalue weighted by Gasteiger charge is -2.32. The Balaban J connectivity index is 2.94. The first-order chi connectivity index (χ1) is 45.9. The van der Waals surface area contributed by atoms with E-state index in [9.17, 15) is 47.9 Å². The van der Waals surface area contributed by atoms with Crippen LogP contribution in [0.3, 0.4) is 0 Å². The van der Waals surface area contributed by atoms with Crippen LogP contribution in [0.5, 0.6) is 0 Å². The van der Waals surface area contributed by atoms with Crippen molar-refractivity contribution >= 4 is 59.1 Å². The van der Waals surface area contributed by atoms with Gasteiger partial charge in [0.05, 0.1) is 65.6 Å². The standard InChI is InChI=1S/C77H141N9O15/c1-54(2)64(94)78-38-55(3)101-53-76(23,24)42-82-60(90)36-69(9,10)45-97-48-71(13,14)39-79-57(87)28-27-56(85-61(91)37-70(11,12)47-99-49-72(15,16)40-80-58(88)31-34-86-62(92)29-30-63(86)93)65(95)83-43-74(19,20)51-98-46-68(7,8)35-59(89)81-41-73(17,18)50-100-52-75(21,22)44-84-66(96)77(25,26)33-32-67(4,5)6/h29-30,54-56H,27-28,31-53H2,1-26H3,(H,78,94)(H,79,87)(H,80,88)(H,81,89)(H,82,90)(H,83,95)(H,84,96)(H,85,91)/t55?,56-/m0/s1. The third kappa shape index (κ3) is 43.4. The minimum absolute atomic E-state index is 0.0101. The Morgan fingerprint density at radius 3 is 1.11 bits per heavy atom. The van der Waals surface area contributed by atoms with Crippen molar-refractivity contribution < 1.29 is 71.6 Å². The lowest BCUT2D eigenvalue weighted by Crippen LogP contribution is -2.50. The maximum Gasteiger partial charge on any atom is 0.253 e. The summed E-state index contributed by atoms with van der Waals surface area (Å²) in [6, 6.07) is -1.09. The van der Waals surface area contributed by atoms with Gasteiger partial charge in [0.25, 0.3) is 11.8 Å². The zero-order chi connectivity index (χ0) is 77.9. The van der Waals surface area contributed by atoms with E-state index in [0.717, 1.165) is 17.7 Å². The average Bonchev–Trinajstić information content (AvgIpc) is 1.85. The summed E-state index contributed by atoms with van der Waals surface area (Å²) in [7, 11) is 0. The topological polar surface area (TPSA) is 316 Å². The van der Waals surface area contributed by atoms with Gasteiger partial charge < -0.3 is 66.2 Å². The molecule has 1 heterocycles. The molecule has 1 unspecified atom stereocenters. The van der Waals surface area contributed by atoms with Gasteiger partial charge in [0.1, 0.15) is 6.04 Å². The Morgan fingerprint density at radius 1 is 0.386 bits per heavy atom. The third-order valence-corrected chi connectivity index (χ3v) is 17.1. The predicted octanol–water partition coefficient (Wildman–Crippen LogP) is 8.77. The highest BCUT2D eigenvalue weighted by Crippen LogP contribution is 2.32. The molecule has 584 valence electrons. The fourth-order valence-corrected chi connectivity index (χ4v) is 10.2. The highest BCUT2D eigenvalue weighted by atomic mass is 16.5.